The van der Waals surface area contributed by atoms with Gasteiger partial charge in [0, 0.05) is 23.6 Å². The van der Waals surface area contributed by atoms with Gasteiger partial charge < -0.3 is 9.26 Å². The number of hydrogen-bond acceptors (Lipinski definition) is 4. The summed E-state index contributed by atoms with van der Waals surface area (Å²) < 4.78 is 24.4. The quantitative estimate of drug-likeness (QED) is 0.849. The van der Waals surface area contributed by atoms with E-state index in [9.17, 15) is 4.39 Å². The Hall–Kier alpha value is -1.46. The van der Waals surface area contributed by atoms with Crippen molar-refractivity contribution in [3.8, 4) is 0 Å². The number of rotatable bonds is 5. The van der Waals surface area contributed by atoms with Crippen LogP contribution in [0.2, 0.25) is 5.02 Å². The standard InChI is InChI=1S/C15H16ClFN2O2/c16-12-4-1-5-13(17)11(12)6-7-14-18-15(21-19-14)9-10-3-2-8-20-10/h1,4-5,10H,2-3,6-9H2. The van der Waals surface area contributed by atoms with Crippen molar-refractivity contribution in [3.05, 3.63) is 46.3 Å². The lowest BCUT2D eigenvalue weighted by Crippen LogP contribution is -2.09. The van der Waals surface area contributed by atoms with Crippen molar-refractivity contribution >= 4 is 11.6 Å². The molecule has 0 radical (unpaired) electrons. The molecule has 1 saturated heterocycles. The maximum absolute atomic E-state index is 13.7. The first kappa shape index (κ1) is 14.5. The van der Waals surface area contributed by atoms with E-state index >= 15 is 0 Å². The van der Waals surface area contributed by atoms with Crippen LogP contribution in [0.15, 0.2) is 22.7 Å². The smallest absolute Gasteiger partial charge is 0.229 e. The molecule has 2 heterocycles. The maximum Gasteiger partial charge on any atom is 0.229 e. The molecule has 0 bridgehead atoms. The molecule has 4 nitrogen and oxygen atoms in total. The van der Waals surface area contributed by atoms with E-state index in [1.165, 1.54) is 6.07 Å². The predicted molar refractivity (Wildman–Crippen MR) is 75.8 cm³/mol. The third-order valence-electron chi connectivity index (χ3n) is 3.60. The number of aryl methyl sites for hydroxylation is 1. The van der Waals surface area contributed by atoms with Gasteiger partial charge in [0.05, 0.1) is 12.5 Å². The normalized spacial score (nSPS) is 18.3. The van der Waals surface area contributed by atoms with Crippen molar-refractivity contribution in [3.63, 3.8) is 0 Å². The number of aromatic nitrogens is 2. The van der Waals surface area contributed by atoms with Gasteiger partial charge in [-0.25, -0.2) is 4.39 Å². The van der Waals surface area contributed by atoms with E-state index in [1.807, 2.05) is 0 Å². The summed E-state index contributed by atoms with van der Waals surface area (Å²) in [5.41, 5.74) is 0.490. The summed E-state index contributed by atoms with van der Waals surface area (Å²) >= 11 is 5.99. The Morgan fingerprint density at radius 3 is 3.00 bits per heavy atom. The first-order chi connectivity index (χ1) is 10.2. The van der Waals surface area contributed by atoms with E-state index in [1.54, 1.807) is 12.1 Å². The van der Waals surface area contributed by atoms with Crippen LogP contribution in [0.5, 0.6) is 0 Å². The molecule has 1 aliphatic rings. The van der Waals surface area contributed by atoms with Crippen LogP contribution in [0.4, 0.5) is 4.39 Å². The first-order valence-corrected chi connectivity index (χ1v) is 7.46. The highest BCUT2D eigenvalue weighted by atomic mass is 35.5. The van der Waals surface area contributed by atoms with Crippen molar-refractivity contribution in [1.82, 2.24) is 10.1 Å². The summed E-state index contributed by atoms with van der Waals surface area (Å²) in [6.07, 6.45) is 3.88. The number of halogens is 2. The van der Waals surface area contributed by atoms with Gasteiger partial charge in [-0.1, -0.05) is 22.8 Å². The zero-order valence-corrected chi connectivity index (χ0v) is 12.3. The second-order valence-electron chi connectivity index (χ2n) is 5.14. The van der Waals surface area contributed by atoms with E-state index < -0.39 is 0 Å². The highest BCUT2D eigenvalue weighted by Crippen LogP contribution is 2.21. The number of nitrogens with zero attached hydrogens (tertiary/aromatic N) is 2. The van der Waals surface area contributed by atoms with E-state index in [0.717, 1.165) is 19.4 Å². The van der Waals surface area contributed by atoms with Crippen LogP contribution < -0.4 is 0 Å². The fraction of sp³-hybridized carbons (Fsp3) is 0.467. The van der Waals surface area contributed by atoms with Gasteiger partial charge in [0.2, 0.25) is 5.89 Å². The Morgan fingerprint density at radius 2 is 2.24 bits per heavy atom. The van der Waals surface area contributed by atoms with Crippen LogP contribution >= 0.6 is 11.6 Å². The summed E-state index contributed by atoms with van der Waals surface area (Å²) in [4.78, 5) is 4.32. The molecule has 21 heavy (non-hydrogen) atoms. The van der Waals surface area contributed by atoms with Crippen LogP contribution in [0.25, 0.3) is 0 Å². The largest absolute Gasteiger partial charge is 0.378 e. The summed E-state index contributed by atoms with van der Waals surface area (Å²) in [7, 11) is 0. The van der Waals surface area contributed by atoms with Crippen LogP contribution in [-0.4, -0.2) is 22.9 Å². The van der Waals surface area contributed by atoms with Crippen molar-refractivity contribution in [2.24, 2.45) is 0 Å². The molecule has 1 atom stereocenters. The first-order valence-electron chi connectivity index (χ1n) is 7.08. The van der Waals surface area contributed by atoms with Gasteiger partial charge in [-0.15, -0.1) is 0 Å². The van der Waals surface area contributed by atoms with Gasteiger partial charge in [-0.3, -0.25) is 0 Å². The Labute approximate surface area is 127 Å². The minimum absolute atomic E-state index is 0.180. The fourth-order valence-electron chi connectivity index (χ4n) is 2.48. The topological polar surface area (TPSA) is 48.2 Å². The Morgan fingerprint density at radius 1 is 1.33 bits per heavy atom. The minimum atomic E-state index is -0.300. The second-order valence-corrected chi connectivity index (χ2v) is 5.55. The lowest BCUT2D eigenvalue weighted by atomic mass is 10.1. The summed E-state index contributed by atoms with van der Waals surface area (Å²) in [6.45, 7) is 0.803. The molecule has 6 heteroatoms. The van der Waals surface area contributed by atoms with Crippen LogP contribution in [0, 0.1) is 5.82 Å². The van der Waals surface area contributed by atoms with E-state index in [4.69, 9.17) is 20.9 Å². The molecule has 2 aromatic rings. The highest BCUT2D eigenvalue weighted by molar-refractivity contribution is 6.31. The third-order valence-corrected chi connectivity index (χ3v) is 3.95. The van der Waals surface area contributed by atoms with Gasteiger partial charge in [-0.2, -0.15) is 4.98 Å². The van der Waals surface area contributed by atoms with Crippen LogP contribution in [-0.2, 0) is 24.0 Å². The molecular weight excluding hydrogens is 295 g/mol. The Bertz CT molecular complexity index is 591. The number of benzene rings is 1. The van der Waals surface area contributed by atoms with Gasteiger partial charge in [-0.05, 0) is 31.4 Å². The van der Waals surface area contributed by atoms with Crippen molar-refractivity contribution in [2.45, 2.75) is 38.2 Å². The predicted octanol–water partition coefficient (Wildman–Crippen LogP) is 3.37. The molecular formula is C15H16ClFN2O2. The SMILES string of the molecule is Fc1cccc(Cl)c1CCc1noc(CC2CCCO2)n1. The van der Waals surface area contributed by atoms with Crippen molar-refractivity contribution < 1.29 is 13.7 Å². The molecule has 0 amide bonds. The van der Waals surface area contributed by atoms with E-state index in [-0.39, 0.29) is 11.9 Å². The Balaban J connectivity index is 1.59. The molecule has 1 fully saturated rings. The average molecular weight is 311 g/mol. The molecule has 1 unspecified atom stereocenters. The molecule has 0 saturated carbocycles. The highest BCUT2D eigenvalue weighted by Gasteiger charge is 2.19. The average Bonchev–Trinajstić information content (AvgIpc) is 3.11. The third kappa shape index (κ3) is 3.60. The molecule has 1 aliphatic heterocycles. The maximum atomic E-state index is 13.7. The Kier molecular flexibility index (Phi) is 4.51. The fourth-order valence-corrected chi connectivity index (χ4v) is 2.74. The van der Waals surface area contributed by atoms with Gasteiger partial charge in [0.1, 0.15) is 5.82 Å². The monoisotopic (exact) mass is 310 g/mol. The molecule has 0 N–H and O–H groups in total. The molecule has 3 rings (SSSR count). The minimum Gasteiger partial charge on any atom is -0.378 e. The van der Waals surface area contributed by atoms with Crippen LogP contribution in [0.1, 0.15) is 30.1 Å². The van der Waals surface area contributed by atoms with Gasteiger partial charge in [0.15, 0.2) is 5.82 Å². The number of hydrogen-bond donors (Lipinski definition) is 0. The summed E-state index contributed by atoms with van der Waals surface area (Å²) in [5, 5.41) is 4.35. The molecule has 1 aromatic heterocycles. The molecule has 112 valence electrons. The van der Waals surface area contributed by atoms with E-state index in [0.29, 0.717) is 41.6 Å². The summed E-state index contributed by atoms with van der Waals surface area (Å²) in [6, 6.07) is 4.68. The van der Waals surface area contributed by atoms with Gasteiger partial charge >= 0.3 is 0 Å². The molecule has 1 aromatic carbocycles. The second kappa shape index (κ2) is 6.54. The van der Waals surface area contributed by atoms with Gasteiger partial charge in [0.25, 0.3) is 0 Å². The van der Waals surface area contributed by atoms with E-state index in [2.05, 4.69) is 10.1 Å². The van der Waals surface area contributed by atoms with Crippen molar-refractivity contribution in [1.29, 1.82) is 0 Å². The zero-order valence-electron chi connectivity index (χ0n) is 11.5. The lowest BCUT2D eigenvalue weighted by Gasteiger charge is -2.04. The zero-order chi connectivity index (χ0) is 14.7. The van der Waals surface area contributed by atoms with Crippen molar-refractivity contribution in [2.75, 3.05) is 6.61 Å². The lowest BCUT2D eigenvalue weighted by molar-refractivity contribution is 0.104. The molecule has 0 spiro atoms. The molecule has 0 aliphatic carbocycles. The number of ether oxygens (including phenoxy) is 1. The van der Waals surface area contributed by atoms with Crippen LogP contribution in [0.3, 0.4) is 0 Å². The summed E-state index contributed by atoms with van der Waals surface area (Å²) in [5.74, 6) is 0.851.